The van der Waals surface area contributed by atoms with E-state index in [2.05, 4.69) is 0 Å². The van der Waals surface area contributed by atoms with Crippen LogP contribution in [0.15, 0.2) is 53.4 Å². The zero-order chi connectivity index (χ0) is 23.9. The number of hydrogen-bond donors (Lipinski definition) is 0. The molecule has 0 aliphatic carbocycles. The molecule has 2 saturated heterocycles. The molecule has 4 rings (SSSR count). The van der Waals surface area contributed by atoms with E-state index < -0.39 is 0 Å². The first-order chi connectivity index (χ1) is 16.5. The van der Waals surface area contributed by atoms with Gasteiger partial charge >= 0.3 is 0 Å². The second kappa shape index (κ2) is 11.5. The Kier molecular flexibility index (Phi) is 8.21. The van der Waals surface area contributed by atoms with Gasteiger partial charge in [0, 0.05) is 13.1 Å². The van der Waals surface area contributed by atoms with Crippen LogP contribution in [0.3, 0.4) is 0 Å². The van der Waals surface area contributed by atoms with Crippen molar-refractivity contribution in [3.8, 4) is 11.5 Å². The third-order valence-corrected chi connectivity index (χ3v) is 6.72. The highest BCUT2D eigenvalue weighted by molar-refractivity contribution is 8.26. The van der Waals surface area contributed by atoms with Crippen molar-refractivity contribution >= 4 is 46.2 Å². The molecule has 0 bridgehead atoms. The van der Waals surface area contributed by atoms with Crippen molar-refractivity contribution < 1.29 is 23.8 Å². The summed E-state index contributed by atoms with van der Waals surface area (Å²) in [5.74, 6) is 0.799. The number of carbonyl (C=O) groups is 2. The van der Waals surface area contributed by atoms with Gasteiger partial charge < -0.3 is 19.1 Å². The SMILES string of the molecule is CCOc1cc(/C=C2/SC(=S)N(Cc3ccccc3)C2=O)ccc1OCC(=O)N1CCOCC1. The molecule has 0 N–H and O–H groups in total. The Labute approximate surface area is 208 Å². The highest BCUT2D eigenvalue weighted by Gasteiger charge is 2.32. The van der Waals surface area contributed by atoms with Crippen molar-refractivity contribution in [2.45, 2.75) is 13.5 Å². The van der Waals surface area contributed by atoms with Crippen LogP contribution in [0.1, 0.15) is 18.1 Å². The molecule has 7 nitrogen and oxygen atoms in total. The van der Waals surface area contributed by atoms with Gasteiger partial charge in [0.15, 0.2) is 18.1 Å². The molecule has 0 radical (unpaired) electrons. The molecule has 2 aliphatic heterocycles. The summed E-state index contributed by atoms with van der Waals surface area (Å²) in [6, 6.07) is 15.2. The number of thioether (sulfide) groups is 1. The summed E-state index contributed by atoms with van der Waals surface area (Å²) < 4.78 is 17.3. The van der Waals surface area contributed by atoms with Crippen molar-refractivity contribution in [2.24, 2.45) is 0 Å². The maximum atomic E-state index is 13.0. The monoisotopic (exact) mass is 498 g/mol. The van der Waals surface area contributed by atoms with Gasteiger partial charge in [0.05, 0.1) is 31.3 Å². The van der Waals surface area contributed by atoms with Gasteiger partial charge in [-0.2, -0.15) is 0 Å². The second-order valence-electron chi connectivity index (χ2n) is 7.67. The number of carbonyl (C=O) groups excluding carboxylic acids is 2. The van der Waals surface area contributed by atoms with Crippen molar-refractivity contribution in [1.82, 2.24) is 9.80 Å². The van der Waals surface area contributed by atoms with Gasteiger partial charge in [-0.05, 0) is 36.3 Å². The lowest BCUT2D eigenvalue weighted by Crippen LogP contribution is -2.43. The van der Waals surface area contributed by atoms with E-state index in [4.69, 9.17) is 26.4 Å². The van der Waals surface area contributed by atoms with Crippen LogP contribution in [0.5, 0.6) is 11.5 Å². The third-order valence-electron chi connectivity index (χ3n) is 5.34. The number of hydrogen-bond acceptors (Lipinski definition) is 7. The Morgan fingerprint density at radius 1 is 1.12 bits per heavy atom. The average molecular weight is 499 g/mol. The smallest absolute Gasteiger partial charge is 0.266 e. The minimum atomic E-state index is -0.117. The van der Waals surface area contributed by atoms with Crippen LogP contribution in [0.2, 0.25) is 0 Å². The average Bonchev–Trinajstić information content (AvgIpc) is 3.12. The lowest BCUT2D eigenvalue weighted by Gasteiger charge is -2.26. The molecule has 0 unspecified atom stereocenters. The van der Waals surface area contributed by atoms with E-state index >= 15 is 0 Å². The molecule has 2 heterocycles. The standard InChI is InChI=1S/C25H26N2O5S2/c1-2-31-21-14-19(8-9-20(21)32-17-23(28)26-10-12-30-13-11-26)15-22-24(29)27(25(33)34-22)16-18-6-4-3-5-7-18/h3-9,14-15H,2,10-13,16-17H2,1H3/b22-15+. The van der Waals surface area contributed by atoms with Crippen LogP contribution in [-0.4, -0.2) is 65.5 Å². The molecule has 0 saturated carbocycles. The van der Waals surface area contributed by atoms with Crippen molar-refractivity contribution in [2.75, 3.05) is 39.5 Å². The Morgan fingerprint density at radius 3 is 2.62 bits per heavy atom. The molecule has 2 aromatic carbocycles. The minimum Gasteiger partial charge on any atom is -0.490 e. The molecule has 0 atom stereocenters. The first-order valence-electron chi connectivity index (χ1n) is 11.1. The van der Waals surface area contributed by atoms with E-state index in [0.29, 0.717) is 60.2 Å². The second-order valence-corrected chi connectivity index (χ2v) is 9.35. The Balaban J connectivity index is 1.45. The summed E-state index contributed by atoms with van der Waals surface area (Å²) in [4.78, 5) is 29.3. The quantitative estimate of drug-likeness (QED) is 0.406. The van der Waals surface area contributed by atoms with Gasteiger partial charge in [0.1, 0.15) is 4.32 Å². The van der Waals surface area contributed by atoms with E-state index in [1.807, 2.05) is 49.4 Å². The molecule has 0 aromatic heterocycles. The highest BCUT2D eigenvalue weighted by atomic mass is 32.2. The zero-order valence-corrected chi connectivity index (χ0v) is 20.5. The number of benzene rings is 2. The summed E-state index contributed by atoms with van der Waals surface area (Å²) in [6.07, 6.45) is 1.80. The Hall–Kier alpha value is -2.88. The predicted octanol–water partition coefficient (Wildman–Crippen LogP) is 3.72. The van der Waals surface area contributed by atoms with Crippen LogP contribution < -0.4 is 9.47 Å². The third kappa shape index (κ3) is 5.97. The first-order valence-corrected chi connectivity index (χ1v) is 12.3. The fourth-order valence-corrected chi connectivity index (χ4v) is 4.85. The highest BCUT2D eigenvalue weighted by Crippen LogP contribution is 2.35. The Morgan fingerprint density at radius 2 is 1.88 bits per heavy atom. The number of amides is 2. The van der Waals surface area contributed by atoms with Crippen LogP contribution >= 0.6 is 24.0 Å². The summed E-state index contributed by atoms with van der Waals surface area (Å²) in [6.45, 7) is 4.92. The van der Waals surface area contributed by atoms with Gasteiger partial charge in [-0.3, -0.25) is 14.5 Å². The van der Waals surface area contributed by atoms with E-state index in [9.17, 15) is 9.59 Å². The molecule has 9 heteroatoms. The molecule has 2 aromatic rings. The summed E-state index contributed by atoms with van der Waals surface area (Å²) in [5, 5.41) is 0. The normalized spacial score (nSPS) is 17.4. The molecule has 178 valence electrons. The lowest BCUT2D eigenvalue weighted by atomic mass is 10.1. The maximum Gasteiger partial charge on any atom is 0.266 e. The molecule has 0 spiro atoms. The number of nitrogens with zero attached hydrogens (tertiary/aromatic N) is 2. The van der Waals surface area contributed by atoms with E-state index in [0.717, 1.165) is 11.1 Å². The number of thiocarbonyl (C=S) groups is 1. The number of morpholine rings is 1. The fraction of sp³-hybridized carbons (Fsp3) is 0.320. The number of rotatable bonds is 8. The van der Waals surface area contributed by atoms with Crippen LogP contribution in [0, 0.1) is 0 Å². The van der Waals surface area contributed by atoms with E-state index in [1.165, 1.54) is 11.8 Å². The molecular weight excluding hydrogens is 472 g/mol. The fourth-order valence-electron chi connectivity index (χ4n) is 3.60. The Bertz CT molecular complexity index is 1080. The summed E-state index contributed by atoms with van der Waals surface area (Å²) in [5.41, 5.74) is 1.81. The van der Waals surface area contributed by atoms with Crippen molar-refractivity contribution in [3.05, 3.63) is 64.6 Å². The van der Waals surface area contributed by atoms with Gasteiger partial charge in [0.25, 0.3) is 11.8 Å². The van der Waals surface area contributed by atoms with Crippen LogP contribution in [-0.2, 0) is 20.9 Å². The molecule has 2 fully saturated rings. The lowest BCUT2D eigenvalue weighted by molar-refractivity contribution is -0.137. The predicted molar refractivity (Wildman–Crippen MR) is 136 cm³/mol. The molecule has 2 aliphatic rings. The minimum absolute atomic E-state index is 0.0719. The van der Waals surface area contributed by atoms with E-state index in [1.54, 1.807) is 21.9 Å². The first kappa shape index (κ1) is 24.3. The van der Waals surface area contributed by atoms with Crippen LogP contribution in [0.25, 0.3) is 6.08 Å². The van der Waals surface area contributed by atoms with Crippen LogP contribution in [0.4, 0.5) is 0 Å². The summed E-state index contributed by atoms with van der Waals surface area (Å²) in [7, 11) is 0. The van der Waals surface area contributed by atoms with Gasteiger partial charge in [-0.1, -0.05) is 60.4 Å². The topological polar surface area (TPSA) is 68.3 Å². The van der Waals surface area contributed by atoms with E-state index in [-0.39, 0.29) is 18.4 Å². The molecule has 34 heavy (non-hydrogen) atoms. The molecule has 2 amide bonds. The maximum absolute atomic E-state index is 13.0. The molecular formula is C25H26N2O5S2. The zero-order valence-electron chi connectivity index (χ0n) is 18.9. The van der Waals surface area contributed by atoms with Gasteiger partial charge in [-0.25, -0.2) is 0 Å². The van der Waals surface area contributed by atoms with Gasteiger partial charge in [-0.15, -0.1) is 0 Å². The number of ether oxygens (including phenoxy) is 3. The van der Waals surface area contributed by atoms with Crippen molar-refractivity contribution in [1.29, 1.82) is 0 Å². The summed E-state index contributed by atoms with van der Waals surface area (Å²) >= 11 is 6.74. The van der Waals surface area contributed by atoms with Gasteiger partial charge in [0.2, 0.25) is 0 Å². The largest absolute Gasteiger partial charge is 0.490 e. The van der Waals surface area contributed by atoms with Crippen molar-refractivity contribution in [3.63, 3.8) is 0 Å².